The van der Waals surface area contributed by atoms with E-state index in [0.717, 1.165) is 46.5 Å². The first-order valence-corrected chi connectivity index (χ1v) is 10.4. The Hall–Kier alpha value is -4.27. The number of hydrogen-bond acceptors (Lipinski definition) is 8. The summed E-state index contributed by atoms with van der Waals surface area (Å²) in [6, 6.07) is 18.5. The fraction of sp³-hybridized carbons (Fsp3) is 0.174. The van der Waals surface area contributed by atoms with Crippen molar-refractivity contribution in [2.24, 2.45) is 0 Å². The molecule has 3 aromatic heterocycles. The Balaban J connectivity index is 1.44. The van der Waals surface area contributed by atoms with Gasteiger partial charge in [0.15, 0.2) is 17.2 Å². The summed E-state index contributed by atoms with van der Waals surface area (Å²) in [7, 11) is 0. The number of benzene rings is 2. The lowest BCUT2D eigenvalue weighted by molar-refractivity contribution is 0.755. The highest BCUT2D eigenvalue weighted by molar-refractivity contribution is 5.84. The quantitative estimate of drug-likeness (QED) is 0.422. The average molecular weight is 423 g/mol. The van der Waals surface area contributed by atoms with Crippen LogP contribution in [-0.4, -0.2) is 47.3 Å². The van der Waals surface area contributed by atoms with Crippen LogP contribution >= 0.6 is 0 Å². The third-order valence-electron chi connectivity index (χ3n) is 5.25. The van der Waals surface area contributed by atoms with Crippen LogP contribution in [0.15, 0.2) is 67.1 Å². The first-order valence-electron chi connectivity index (χ1n) is 10.4. The van der Waals surface area contributed by atoms with Gasteiger partial charge in [-0.2, -0.15) is 5.10 Å². The average Bonchev–Trinajstić information content (AvgIpc) is 3.39. The van der Waals surface area contributed by atoms with Crippen LogP contribution in [0.25, 0.3) is 33.5 Å². The van der Waals surface area contributed by atoms with E-state index in [9.17, 15) is 0 Å². The van der Waals surface area contributed by atoms with Crippen LogP contribution < -0.4 is 4.90 Å². The maximum absolute atomic E-state index is 4.52. The van der Waals surface area contributed by atoms with E-state index in [0.29, 0.717) is 12.4 Å². The van der Waals surface area contributed by atoms with E-state index in [-0.39, 0.29) is 0 Å². The van der Waals surface area contributed by atoms with Crippen molar-refractivity contribution in [2.45, 2.75) is 19.9 Å². The Labute approximate surface area is 184 Å². The number of H-pyrrole nitrogens is 1. The Morgan fingerprint density at radius 3 is 2.53 bits per heavy atom. The SMILES string of the molecule is CCCN(Cc1ccc(-c2ccccc2-c2nnn[nH]2)cc1)c1ncnc2ccnnc12. The molecular formula is C23H21N9. The summed E-state index contributed by atoms with van der Waals surface area (Å²) in [5.41, 5.74) is 5.82. The standard InChI is InChI=1S/C23H21N9/c1-2-13-32(23-21-20(24-15-25-23)11-12-26-27-21)14-16-7-9-17(10-8-16)18-5-3-4-6-19(18)22-28-30-31-29-22/h3-12,15H,2,13-14H2,1H3,(H,28,29,30,31). The maximum Gasteiger partial charge on any atom is 0.180 e. The van der Waals surface area contributed by atoms with Crippen LogP contribution in [0, 0.1) is 0 Å². The van der Waals surface area contributed by atoms with Gasteiger partial charge in [-0.1, -0.05) is 55.5 Å². The van der Waals surface area contributed by atoms with Crippen molar-refractivity contribution in [3.63, 3.8) is 0 Å². The van der Waals surface area contributed by atoms with Gasteiger partial charge in [0.2, 0.25) is 0 Å². The van der Waals surface area contributed by atoms with Gasteiger partial charge in [0.1, 0.15) is 6.33 Å². The molecule has 0 atom stereocenters. The van der Waals surface area contributed by atoms with Crippen molar-refractivity contribution >= 4 is 16.9 Å². The van der Waals surface area contributed by atoms with Crippen LogP contribution in [-0.2, 0) is 6.54 Å². The first-order chi connectivity index (χ1) is 15.8. The van der Waals surface area contributed by atoms with E-state index in [1.165, 1.54) is 5.56 Å². The molecule has 0 radical (unpaired) electrons. The molecule has 5 aromatic rings. The molecule has 1 N–H and O–H groups in total. The molecule has 0 saturated heterocycles. The lowest BCUT2D eigenvalue weighted by atomic mass is 9.98. The molecule has 3 heterocycles. The molecule has 158 valence electrons. The van der Waals surface area contributed by atoms with Crippen LogP contribution in [0.5, 0.6) is 0 Å². The first kappa shape index (κ1) is 19.7. The monoisotopic (exact) mass is 423 g/mol. The number of rotatable bonds is 7. The molecule has 2 aromatic carbocycles. The third-order valence-corrected chi connectivity index (χ3v) is 5.25. The minimum absolute atomic E-state index is 0.649. The summed E-state index contributed by atoms with van der Waals surface area (Å²) in [5, 5.41) is 22.6. The van der Waals surface area contributed by atoms with Gasteiger partial charge in [0, 0.05) is 18.7 Å². The highest BCUT2D eigenvalue weighted by Gasteiger charge is 2.15. The van der Waals surface area contributed by atoms with Crippen molar-refractivity contribution < 1.29 is 0 Å². The zero-order chi connectivity index (χ0) is 21.8. The van der Waals surface area contributed by atoms with E-state index in [4.69, 9.17) is 0 Å². The number of nitrogens with one attached hydrogen (secondary N) is 1. The number of aromatic nitrogens is 8. The lowest BCUT2D eigenvalue weighted by Crippen LogP contribution is -2.25. The topological polar surface area (TPSA) is 109 Å². The predicted octanol–water partition coefficient (Wildman–Crippen LogP) is 3.68. The van der Waals surface area contributed by atoms with Gasteiger partial charge in [0.25, 0.3) is 0 Å². The van der Waals surface area contributed by atoms with Gasteiger partial charge < -0.3 is 4.90 Å². The number of nitrogens with zero attached hydrogens (tertiary/aromatic N) is 8. The van der Waals surface area contributed by atoms with Crippen molar-refractivity contribution in [3.8, 4) is 22.5 Å². The second-order valence-electron chi connectivity index (χ2n) is 7.38. The second-order valence-corrected chi connectivity index (χ2v) is 7.38. The third kappa shape index (κ3) is 3.87. The van der Waals surface area contributed by atoms with Crippen molar-refractivity contribution in [3.05, 3.63) is 72.7 Å². The molecule has 0 fully saturated rings. The van der Waals surface area contributed by atoms with Crippen LogP contribution in [0.2, 0.25) is 0 Å². The molecule has 0 bridgehead atoms. The van der Waals surface area contributed by atoms with Crippen molar-refractivity contribution in [2.75, 3.05) is 11.4 Å². The maximum atomic E-state index is 4.52. The van der Waals surface area contributed by atoms with Gasteiger partial charge in [-0.15, -0.1) is 10.2 Å². The summed E-state index contributed by atoms with van der Waals surface area (Å²) in [6.45, 7) is 3.72. The molecular weight excluding hydrogens is 402 g/mol. The molecule has 32 heavy (non-hydrogen) atoms. The number of tetrazole rings is 1. The molecule has 9 heteroatoms. The van der Waals surface area contributed by atoms with Gasteiger partial charge in [-0.3, -0.25) is 0 Å². The van der Waals surface area contributed by atoms with E-state index >= 15 is 0 Å². The fourth-order valence-electron chi connectivity index (χ4n) is 3.78. The molecule has 0 saturated carbocycles. The summed E-state index contributed by atoms with van der Waals surface area (Å²) in [4.78, 5) is 11.1. The zero-order valence-corrected chi connectivity index (χ0v) is 17.5. The summed E-state index contributed by atoms with van der Waals surface area (Å²) < 4.78 is 0. The molecule has 9 nitrogen and oxygen atoms in total. The van der Waals surface area contributed by atoms with E-state index in [1.54, 1.807) is 12.5 Å². The Morgan fingerprint density at radius 2 is 1.75 bits per heavy atom. The van der Waals surface area contributed by atoms with Gasteiger partial charge in [-0.25, -0.2) is 15.1 Å². The Morgan fingerprint density at radius 1 is 0.906 bits per heavy atom. The minimum atomic E-state index is 0.649. The van der Waals surface area contributed by atoms with Crippen LogP contribution in [0.3, 0.4) is 0 Å². The minimum Gasteiger partial charge on any atom is -0.350 e. The number of fused-ring (bicyclic) bond motifs is 1. The molecule has 5 rings (SSSR count). The van der Waals surface area contributed by atoms with E-state index < -0.39 is 0 Å². The van der Waals surface area contributed by atoms with Crippen molar-refractivity contribution in [1.82, 2.24) is 40.8 Å². The fourth-order valence-corrected chi connectivity index (χ4v) is 3.78. The number of hydrogen-bond donors (Lipinski definition) is 1. The Kier molecular flexibility index (Phi) is 5.44. The largest absolute Gasteiger partial charge is 0.350 e. The van der Waals surface area contributed by atoms with Gasteiger partial charge in [0.05, 0.1) is 11.7 Å². The molecule has 0 amide bonds. The highest BCUT2D eigenvalue weighted by atomic mass is 15.5. The van der Waals surface area contributed by atoms with Gasteiger partial charge in [-0.05, 0) is 39.6 Å². The lowest BCUT2D eigenvalue weighted by Gasteiger charge is -2.24. The number of anilines is 1. The van der Waals surface area contributed by atoms with Crippen LogP contribution in [0.1, 0.15) is 18.9 Å². The predicted molar refractivity (Wildman–Crippen MR) is 122 cm³/mol. The molecule has 0 unspecified atom stereocenters. The zero-order valence-electron chi connectivity index (χ0n) is 17.5. The molecule has 0 aliphatic carbocycles. The van der Waals surface area contributed by atoms with Crippen LogP contribution in [0.4, 0.5) is 5.82 Å². The van der Waals surface area contributed by atoms with Crippen molar-refractivity contribution in [1.29, 1.82) is 0 Å². The number of aromatic amines is 1. The highest BCUT2D eigenvalue weighted by Crippen LogP contribution is 2.30. The molecule has 0 spiro atoms. The summed E-state index contributed by atoms with van der Waals surface area (Å²) in [5.74, 6) is 1.45. The molecule has 0 aliphatic rings. The van der Waals surface area contributed by atoms with E-state index in [2.05, 4.69) is 82.9 Å². The second kappa shape index (κ2) is 8.84. The summed E-state index contributed by atoms with van der Waals surface area (Å²) >= 11 is 0. The molecule has 0 aliphatic heterocycles. The normalized spacial score (nSPS) is 11.0. The van der Waals surface area contributed by atoms with Gasteiger partial charge >= 0.3 is 0 Å². The smallest absolute Gasteiger partial charge is 0.180 e. The van der Waals surface area contributed by atoms with E-state index in [1.807, 2.05) is 24.3 Å². The summed E-state index contributed by atoms with van der Waals surface area (Å²) in [6.07, 6.45) is 4.22. The Bertz CT molecular complexity index is 1310.